The Bertz CT molecular complexity index is 664. The maximum Gasteiger partial charge on any atom is 0.339 e. The summed E-state index contributed by atoms with van der Waals surface area (Å²) in [6.07, 6.45) is 0.948. The number of carboxylic acid groups (broad SMARTS) is 1. The van der Waals surface area contributed by atoms with E-state index in [0.717, 1.165) is 16.7 Å². The van der Waals surface area contributed by atoms with Gasteiger partial charge in [0, 0.05) is 16.2 Å². The van der Waals surface area contributed by atoms with E-state index < -0.39 is 11.8 Å². The highest BCUT2D eigenvalue weighted by Crippen LogP contribution is 2.27. The molecule has 0 fully saturated rings. The molecule has 2 aromatic rings. The lowest BCUT2D eigenvalue weighted by Gasteiger charge is -2.10. The van der Waals surface area contributed by atoms with Crippen LogP contribution >= 0.6 is 15.9 Å². The molecule has 0 spiro atoms. The minimum absolute atomic E-state index is 0.0547. The number of pyridine rings is 1. The first-order valence-electron chi connectivity index (χ1n) is 5.50. The Balaban J connectivity index is 2.39. The summed E-state index contributed by atoms with van der Waals surface area (Å²) in [6.45, 7) is 0. The third-order valence-electron chi connectivity index (χ3n) is 2.45. The largest absolute Gasteiger partial charge is 0.497 e. The van der Waals surface area contributed by atoms with Crippen molar-refractivity contribution >= 4 is 33.4 Å². The van der Waals surface area contributed by atoms with Crippen molar-refractivity contribution in [2.75, 3.05) is 12.4 Å². The number of benzene rings is 1. The maximum atomic E-state index is 13.0. The molecule has 0 aliphatic carbocycles. The number of carbonyl (C=O) groups is 1. The van der Waals surface area contributed by atoms with Crippen LogP contribution in [0.15, 0.2) is 34.9 Å². The fourth-order valence-electron chi connectivity index (χ4n) is 1.59. The number of halogens is 2. The first kappa shape index (κ1) is 14.3. The van der Waals surface area contributed by atoms with E-state index in [4.69, 9.17) is 9.84 Å². The Hall–Kier alpha value is -2.15. The first-order valence-corrected chi connectivity index (χ1v) is 6.29. The van der Waals surface area contributed by atoms with Crippen LogP contribution in [0.4, 0.5) is 15.9 Å². The predicted molar refractivity (Wildman–Crippen MR) is 75.1 cm³/mol. The average Bonchev–Trinajstić information content (AvgIpc) is 2.40. The van der Waals surface area contributed by atoms with Crippen LogP contribution < -0.4 is 10.1 Å². The van der Waals surface area contributed by atoms with Crippen molar-refractivity contribution in [1.82, 2.24) is 4.98 Å². The quantitative estimate of drug-likeness (QED) is 0.892. The number of hydrogen-bond acceptors (Lipinski definition) is 4. The molecule has 1 heterocycles. The summed E-state index contributed by atoms with van der Waals surface area (Å²) in [4.78, 5) is 14.8. The average molecular weight is 341 g/mol. The topological polar surface area (TPSA) is 71.5 Å². The van der Waals surface area contributed by atoms with E-state index in [1.807, 2.05) is 0 Å². The molecule has 2 N–H and O–H groups in total. The lowest BCUT2D eigenvalue weighted by atomic mass is 10.2. The van der Waals surface area contributed by atoms with Gasteiger partial charge in [-0.25, -0.2) is 14.2 Å². The molecule has 1 aromatic carbocycles. The Kier molecular flexibility index (Phi) is 4.19. The van der Waals surface area contributed by atoms with Gasteiger partial charge in [-0.05, 0) is 18.2 Å². The molecule has 20 heavy (non-hydrogen) atoms. The van der Waals surface area contributed by atoms with Crippen molar-refractivity contribution in [2.45, 2.75) is 0 Å². The number of ether oxygens (including phenoxy) is 1. The van der Waals surface area contributed by atoms with Gasteiger partial charge < -0.3 is 15.2 Å². The van der Waals surface area contributed by atoms with Crippen LogP contribution in [0.3, 0.4) is 0 Å². The van der Waals surface area contributed by atoms with E-state index >= 15 is 0 Å². The standard InChI is InChI=1S/C13H10BrFN2O3/c1-20-10-3-7(14)2-9(5-10)17-12-11(13(18)19)4-8(15)6-16-12/h2-6H,1H3,(H,16,17)(H,18,19). The number of nitrogens with one attached hydrogen (secondary N) is 1. The van der Waals surface area contributed by atoms with Crippen LogP contribution in [0, 0.1) is 5.82 Å². The lowest BCUT2D eigenvalue weighted by Crippen LogP contribution is -2.05. The molecule has 2 rings (SSSR count). The molecule has 7 heteroatoms. The van der Waals surface area contributed by atoms with E-state index in [-0.39, 0.29) is 11.4 Å². The summed E-state index contributed by atoms with van der Waals surface area (Å²) < 4.78 is 18.9. The number of carboxylic acids is 1. The van der Waals surface area contributed by atoms with E-state index in [1.165, 1.54) is 7.11 Å². The Morgan fingerprint density at radius 3 is 2.80 bits per heavy atom. The van der Waals surface area contributed by atoms with Gasteiger partial charge in [0.2, 0.25) is 0 Å². The number of aromatic carboxylic acids is 1. The smallest absolute Gasteiger partial charge is 0.339 e. The minimum atomic E-state index is -1.26. The summed E-state index contributed by atoms with van der Waals surface area (Å²) in [7, 11) is 1.52. The molecule has 0 bridgehead atoms. The van der Waals surface area contributed by atoms with Gasteiger partial charge in [-0.15, -0.1) is 0 Å². The third kappa shape index (κ3) is 3.24. The van der Waals surface area contributed by atoms with Crippen LogP contribution in [-0.2, 0) is 0 Å². The number of rotatable bonds is 4. The molecule has 0 amide bonds. The zero-order valence-corrected chi connectivity index (χ0v) is 11.9. The molecule has 5 nitrogen and oxygen atoms in total. The highest BCUT2D eigenvalue weighted by molar-refractivity contribution is 9.10. The molecule has 0 radical (unpaired) electrons. The van der Waals surface area contributed by atoms with Crippen molar-refractivity contribution < 1.29 is 19.0 Å². The van der Waals surface area contributed by atoms with Gasteiger partial charge in [0.25, 0.3) is 0 Å². The number of aromatic nitrogens is 1. The zero-order chi connectivity index (χ0) is 14.7. The SMILES string of the molecule is COc1cc(Br)cc(Nc2ncc(F)cc2C(=O)O)c1. The highest BCUT2D eigenvalue weighted by Gasteiger charge is 2.13. The van der Waals surface area contributed by atoms with E-state index in [9.17, 15) is 9.18 Å². The van der Waals surface area contributed by atoms with Crippen molar-refractivity contribution in [2.24, 2.45) is 0 Å². The fourth-order valence-corrected chi connectivity index (χ4v) is 2.06. The fraction of sp³-hybridized carbons (Fsp3) is 0.0769. The second kappa shape index (κ2) is 5.87. The summed E-state index contributed by atoms with van der Waals surface area (Å²) in [5.74, 6) is -1.33. The van der Waals surface area contributed by atoms with E-state index in [2.05, 4.69) is 26.2 Å². The van der Waals surface area contributed by atoms with Crippen LogP contribution in [0.1, 0.15) is 10.4 Å². The summed E-state index contributed by atoms with van der Waals surface area (Å²) in [5.41, 5.74) is 0.321. The van der Waals surface area contributed by atoms with E-state index in [1.54, 1.807) is 18.2 Å². The predicted octanol–water partition coefficient (Wildman–Crippen LogP) is 3.43. The lowest BCUT2D eigenvalue weighted by molar-refractivity contribution is 0.0697. The van der Waals surface area contributed by atoms with E-state index in [0.29, 0.717) is 11.4 Å². The van der Waals surface area contributed by atoms with Gasteiger partial charge in [-0.3, -0.25) is 0 Å². The molecule has 0 saturated heterocycles. The minimum Gasteiger partial charge on any atom is -0.497 e. The highest BCUT2D eigenvalue weighted by atomic mass is 79.9. The van der Waals surface area contributed by atoms with Gasteiger partial charge in [0.05, 0.1) is 13.3 Å². The summed E-state index contributed by atoms with van der Waals surface area (Å²) in [6, 6.07) is 6.05. The molecule has 0 unspecified atom stereocenters. The zero-order valence-electron chi connectivity index (χ0n) is 10.4. The molecule has 0 saturated carbocycles. The summed E-state index contributed by atoms with van der Waals surface area (Å²) in [5, 5.41) is 11.9. The van der Waals surface area contributed by atoms with Gasteiger partial charge in [-0.1, -0.05) is 15.9 Å². The Morgan fingerprint density at radius 1 is 1.40 bits per heavy atom. The second-order valence-electron chi connectivity index (χ2n) is 3.86. The number of nitrogens with zero attached hydrogens (tertiary/aromatic N) is 1. The normalized spacial score (nSPS) is 10.2. The van der Waals surface area contributed by atoms with Crippen molar-refractivity contribution in [3.05, 3.63) is 46.3 Å². The Morgan fingerprint density at radius 2 is 2.15 bits per heavy atom. The monoisotopic (exact) mass is 340 g/mol. The number of anilines is 2. The maximum absolute atomic E-state index is 13.0. The summed E-state index contributed by atoms with van der Waals surface area (Å²) >= 11 is 3.31. The van der Waals surface area contributed by atoms with Crippen LogP contribution in [0.2, 0.25) is 0 Å². The molecule has 1 aromatic heterocycles. The molecule has 104 valence electrons. The van der Waals surface area contributed by atoms with Gasteiger partial charge >= 0.3 is 5.97 Å². The molecule has 0 aliphatic heterocycles. The third-order valence-corrected chi connectivity index (χ3v) is 2.91. The second-order valence-corrected chi connectivity index (χ2v) is 4.78. The van der Waals surface area contributed by atoms with Crippen molar-refractivity contribution in [3.8, 4) is 5.75 Å². The number of hydrogen-bond donors (Lipinski definition) is 2. The van der Waals surface area contributed by atoms with Crippen LogP contribution in [-0.4, -0.2) is 23.2 Å². The van der Waals surface area contributed by atoms with Crippen LogP contribution in [0.5, 0.6) is 5.75 Å². The van der Waals surface area contributed by atoms with Crippen molar-refractivity contribution in [3.63, 3.8) is 0 Å². The van der Waals surface area contributed by atoms with Crippen LogP contribution in [0.25, 0.3) is 0 Å². The van der Waals surface area contributed by atoms with Gasteiger partial charge in [0.15, 0.2) is 0 Å². The first-order chi connectivity index (χ1) is 9.49. The molecule has 0 aliphatic rings. The molecular weight excluding hydrogens is 331 g/mol. The Labute approximate surface area is 122 Å². The molecular formula is C13H10BrFN2O3. The van der Waals surface area contributed by atoms with Gasteiger partial charge in [-0.2, -0.15) is 0 Å². The molecule has 0 atom stereocenters. The number of methoxy groups -OCH3 is 1. The van der Waals surface area contributed by atoms with Gasteiger partial charge in [0.1, 0.15) is 22.9 Å². The van der Waals surface area contributed by atoms with Crippen molar-refractivity contribution in [1.29, 1.82) is 0 Å².